The Balaban J connectivity index is 1.60. The van der Waals surface area contributed by atoms with Crippen molar-refractivity contribution in [3.05, 3.63) is 101 Å². The van der Waals surface area contributed by atoms with Crippen molar-refractivity contribution in [3.63, 3.8) is 0 Å². The molecule has 0 fully saturated rings. The van der Waals surface area contributed by atoms with Gasteiger partial charge in [0.1, 0.15) is 0 Å². The molecule has 6 heteroatoms. The lowest BCUT2D eigenvalue weighted by atomic mass is 9.86. The highest BCUT2D eigenvalue weighted by atomic mass is 16.1. The zero-order chi connectivity index (χ0) is 23.9. The van der Waals surface area contributed by atoms with Crippen LogP contribution < -0.4 is 5.69 Å². The lowest BCUT2D eigenvalue weighted by molar-refractivity contribution is 0.686. The maximum Gasteiger partial charge on any atom is 0.333 e. The molecule has 5 aromatic rings. The van der Waals surface area contributed by atoms with Crippen LogP contribution in [0.25, 0.3) is 39.1 Å². The second-order valence-electron chi connectivity index (χ2n) is 8.87. The topological polar surface area (TPSA) is 76.5 Å². The number of aromatic nitrogens is 4. The van der Waals surface area contributed by atoms with Crippen LogP contribution in [-0.2, 0) is 12.5 Å². The number of nitrogens with zero attached hydrogens (tertiary/aromatic N) is 5. The molecule has 0 aliphatic heterocycles. The summed E-state index contributed by atoms with van der Waals surface area (Å²) in [5.41, 5.74) is 5.12. The summed E-state index contributed by atoms with van der Waals surface area (Å²) in [5, 5.41) is 10.5. The molecule has 0 saturated carbocycles. The molecule has 3 heterocycles. The number of pyridine rings is 2. The number of aryl methyl sites for hydroxylation is 1. The minimum Gasteiger partial charge on any atom is -0.301 e. The van der Waals surface area contributed by atoms with Crippen LogP contribution in [0.2, 0.25) is 0 Å². The summed E-state index contributed by atoms with van der Waals surface area (Å²) < 4.78 is 3.20. The van der Waals surface area contributed by atoms with Gasteiger partial charge in [0.05, 0.1) is 34.1 Å². The lowest BCUT2D eigenvalue weighted by Crippen LogP contribution is -2.21. The smallest absolute Gasteiger partial charge is 0.301 e. The van der Waals surface area contributed by atoms with Gasteiger partial charge in [-0.25, -0.2) is 4.79 Å². The summed E-state index contributed by atoms with van der Waals surface area (Å²) >= 11 is 0. The molecule has 6 nitrogen and oxygen atoms in total. The molecule has 166 valence electrons. The van der Waals surface area contributed by atoms with E-state index in [1.54, 1.807) is 28.6 Å². The van der Waals surface area contributed by atoms with Crippen LogP contribution in [0, 0.1) is 11.3 Å². The molecule has 0 aliphatic rings. The van der Waals surface area contributed by atoms with Gasteiger partial charge in [-0.2, -0.15) is 5.26 Å². The van der Waals surface area contributed by atoms with Crippen molar-refractivity contribution in [1.82, 2.24) is 19.1 Å². The van der Waals surface area contributed by atoms with Gasteiger partial charge in [0.2, 0.25) is 0 Å². The first-order chi connectivity index (χ1) is 16.4. The van der Waals surface area contributed by atoms with Gasteiger partial charge in [0.15, 0.2) is 0 Å². The van der Waals surface area contributed by atoms with Crippen molar-refractivity contribution in [2.75, 3.05) is 0 Å². The van der Waals surface area contributed by atoms with Crippen molar-refractivity contribution in [3.8, 4) is 34.3 Å². The van der Waals surface area contributed by atoms with Crippen molar-refractivity contribution in [2.24, 2.45) is 7.05 Å². The van der Waals surface area contributed by atoms with E-state index in [9.17, 15) is 10.1 Å². The Morgan fingerprint density at radius 3 is 2.47 bits per heavy atom. The molecular weight excluding hydrogens is 422 g/mol. The number of fused-ring (bicyclic) bond motifs is 1. The fourth-order valence-electron chi connectivity index (χ4n) is 4.06. The molecule has 0 bridgehead atoms. The fourth-order valence-corrected chi connectivity index (χ4v) is 4.06. The van der Waals surface area contributed by atoms with Crippen molar-refractivity contribution in [2.45, 2.75) is 19.3 Å². The first-order valence-electron chi connectivity index (χ1n) is 11.0. The molecule has 0 unspecified atom stereocenters. The maximum absolute atomic E-state index is 13.0. The first-order valence-corrected chi connectivity index (χ1v) is 11.0. The Hall–Kier alpha value is -4.50. The fraction of sp³-hybridized carbons (Fsp3) is 0.143. The Labute approximate surface area is 197 Å². The number of rotatable bonds is 4. The normalized spacial score (nSPS) is 11.5. The zero-order valence-corrected chi connectivity index (χ0v) is 19.2. The predicted octanol–water partition coefficient (Wildman–Crippen LogP) is 5.25. The highest BCUT2D eigenvalue weighted by molar-refractivity contribution is 5.84. The van der Waals surface area contributed by atoms with E-state index >= 15 is 0 Å². The second-order valence-corrected chi connectivity index (χ2v) is 8.87. The third-order valence-electron chi connectivity index (χ3n) is 6.12. The van der Waals surface area contributed by atoms with Crippen LogP contribution in [-0.4, -0.2) is 19.1 Å². The SMILES string of the molecule is Cn1cc(-c2cc(-c3cnc4ccccc4c3)ccn2)n(-c2ccc(C(C)(C)C#N)cc2)c1=O. The summed E-state index contributed by atoms with van der Waals surface area (Å²) in [6, 6.07) is 23.9. The van der Waals surface area contributed by atoms with Gasteiger partial charge in [-0.05, 0) is 61.4 Å². The monoisotopic (exact) mass is 445 g/mol. The van der Waals surface area contributed by atoms with Crippen molar-refractivity contribution >= 4 is 10.9 Å². The van der Waals surface area contributed by atoms with Gasteiger partial charge in [-0.15, -0.1) is 0 Å². The predicted molar refractivity (Wildman–Crippen MR) is 134 cm³/mol. The Morgan fingerprint density at radius 2 is 1.71 bits per heavy atom. The van der Waals surface area contributed by atoms with Crippen LogP contribution >= 0.6 is 0 Å². The van der Waals surface area contributed by atoms with Gasteiger partial charge in [0, 0.05) is 36.6 Å². The maximum atomic E-state index is 13.0. The van der Waals surface area contributed by atoms with E-state index in [2.05, 4.69) is 22.1 Å². The van der Waals surface area contributed by atoms with E-state index in [1.165, 1.54) is 0 Å². The number of hydrogen-bond donors (Lipinski definition) is 0. The lowest BCUT2D eigenvalue weighted by Gasteiger charge is -2.16. The summed E-state index contributed by atoms with van der Waals surface area (Å²) in [4.78, 5) is 22.2. The molecule has 0 amide bonds. The van der Waals surface area contributed by atoms with E-state index in [1.807, 2.05) is 80.7 Å². The van der Waals surface area contributed by atoms with E-state index < -0.39 is 5.41 Å². The third-order valence-corrected chi connectivity index (χ3v) is 6.12. The molecule has 0 radical (unpaired) electrons. The van der Waals surface area contributed by atoms with E-state index in [0.29, 0.717) is 11.4 Å². The minimum absolute atomic E-state index is 0.165. The third kappa shape index (κ3) is 3.67. The van der Waals surface area contributed by atoms with Crippen LogP contribution in [0.4, 0.5) is 0 Å². The number of benzene rings is 2. The van der Waals surface area contributed by atoms with E-state index in [0.717, 1.165) is 33.3 Å². The van der Waals surface area contributed by atoms with Crippen molar-refractivity contribution in [1.29, 1.82) is 5.26 Å². The van der Waals surface area contributed by atoms with Gasteiger partial charge >= 0.3 is 5.69 Å². The zero-order valence-electron chi connectivity index (χ0n) is 19.2. The molecule has 0 N–H and O–H groups in total. The van der Waals surface area contributed by atoms with Crippen molar-refractivity contribution < 1.29 is 0 Å². The van der Waals surface area contributed by atoms with Crippen LogP contribution in [0.15, 0.2) is 90.1 Å². The largest absolute Gasteiger partial charge is 0.333 e. The first kappa shape index (κ1) is 21.4. The Bertz CT molecular complexity index is 1620. The Morgan fingerprint density at radius 1 is 0.941 bits per heavy atom. The van der Waals surface area contributed by atoms with E-state index in [4.69, 9.17) is 0 Å². The summed E-state index contributed by atoms with van der Waals surface area (Å²) in [6.45, 7) is 3.75. The number of hydrogen-bond acceptors (Lipinski definition) is 4. The second kappa shape index (κ2) is 8.13. The van der Waals surface area contributed by atoms with E-state index in [-0.39, 0.29) is 5.69 Å². The highest BCUT2D eigenvalue weighted by Gasteiger charge is 2.20. The molecular formula is C28H23N5O. The van der Waals surface area contributed by atoms with Gasteiger partial charge in [-0.1, -0.05) is 30.3 Å². The van der Waals surface area contributed by atoms with Crippen LogP contribution in [0.5, 0.6) is 0 Å². The highest BCUT2D eigenvalue weighted by Crippen LogP contribution is 2.28. The molecule has 2 aromatic carbocycles. The molecule has 3 aromatic heterocycles. The minimum atomic E-state index is -0.604. The molecule has 0 atom stereocenters. The average Bonchev–Trinajstić information content (AvgIpc) is 3.18. The quantitative estimate of drug-likeness (QED) is 0.378. The van der Waals surface area contributed by atoms with Gasteiger partial charge in [0.25, 0.3) is 0 Å². The molecule has 34 heavy (non-hydrogen) atoms. The van der Waals surface area contributed by atoms with Gasteiger partial charge < -0.3 is 4.57 Å². The molecule has 0 saturated heterocycles. The number of nitriles is 1. The van der Waals surface area contributed by atoms with Gasteiger partial charge in [-0.3, -0.25) is 14.5 Å². The van der Waals surface area contributed by atoms with Crippen LogP contribution in [0.1, 0.15) is 19.4 Å². The number of imidazole rings is 1. The summed E-state index contributed by atoms with van der Waals surface area (Å²) in [6.07, 6.45) is 5.40. The molecule has 5 rings (SSSR count). The van der Waals surface area contributed by atoms with Crippen LogP contribution in [0.3, 0.4) is 0 Å². The summed E-state index contributed by atoms with van der Waals surface area (Å²) in [7, 11) is 1.73. The average molecular weight is 446 g/mol. The summed E-state index contributed by atoms with van der Waals surface area (Å²) in [5.74, 6) is 0. The molecule has 0 spiro atoms. The Kier molecular flexibility index (Phi) is 5.10. The standard InChI is InChI=1S/C28H23N5O/c1-28(2,18-29)22-8-10-23(11-9-22)33-26(17-32(3)27(33)34)25-15-19(12-13-30-25)21-14-20-6-4-5-7-24(20)31-16-21/h4-17H,1-3H3. The molecule has 0 aliphatic carbocycles. The number of para-hydroxylation sites is 1.